The third-order valence-electron chi connectivity index (χ3n) is 4.04. The van der Waals surface area contributed by atoms with Crippen LogP contribution in [0.2, 0.25) is 0 Å². The zero-order valence-corrected chi connectivity index (χ0v) is 13.5. The highest BCUT2D eigenvalue weighted by molar-refractivity contribution is 6.06. The Labute approximate surface area is 144 Å². The molecule has 1 aromatic heterocycles. The van der Waals surface area contributed by atoms with Crippen molar-refractivity contribution in [2.45, 2.75) is 13.0 Å². The molecule has 3 aromatic rings. The lowest BCUT2D eigenvalue weighted by Gasteiger charge is -2.08. The summed E-state index contributed by atoms with van der Waals surface area (Å²) in [6.07, 6.45) is 2.00. The predicted octanol–water partition coefficient (Wildman–Crippen LogP) is 2.24. The maximum absolute atomic E-state index is 13.6. The molecule has 0 aliphatic rings. The molecule has 0 fully saturated rings. The third-order valence-corrected chi connectivity index (χ3v) is 4.04. The van der Waals surface area contributed by atoms with E-state index in [1.165, 1.54) is 6.07 Å². The summed E-state index contributed by atoms with van der Waals surface area (Å²) >= 11 is 0. The monoisotopic (exact) mass is 339 g/mol. The van der Waals surface area contributed by atoms with E-state index in [0.29, 0.717) is 29.5 Å². The fraction of sp³-hybridized carbons (Fsp3) is 0.158. The van der Waals surface area contributed by atoms with E-state index in [9.17, 15) is 14.0 Å². The van der Waals surface area contributed by atoms with Gasteiger partial charge in [0.1, 0.15) is 12.4 Å². The van der Waals surface area contributed by atoms with Gasteiger partial charge in [0.2, 0.25) is 5.91 Å². The molecule has 2 aromatic carbocycles. The molecule has 0 saturated heterocycles. The minimum atomic E-state index is -0.532. The van der Waals surface area contributed by atoms with Crippen molar-refractivity contribution in [1.29, 1.82) is 0 Å². The molecular weight excluding hydrogens is 321 g/mol. The van der Waals surface area contributed by atoms with Gasteiger partial charge in [0.05, 0.1) is 5.56 Å². The molecule has 0 bridgehead atoms. The second-order valence-corrected chi connectivity index (χ2v) is 5.74. The highest BCUT2D eigenvalue weighted by atomic mass is 19.1. The van der Waals surface area contributed by atoms with E-state index in [0.717, 1.165) is 5.52 Å². The number of halogens is 1. The number of aromatic nitrogens is 1. The molecule has 6 heteroatoms. The number of benzene rings is 2. The van der Waals surface area contributed by atoms with E-state index < -0.39 is 5.91 Å². The summed E-state index contributed by atoms with van der Waals surface area (Å²) in [5.41, 5.74) is 7.10. The standard InChI is InChI=1S/C19H18FN3O2/c20-16-7-3-1-5-13(16)9-10-22-18(24)12-23-11-15(19(21)25)14-6-2-4-8-17(14)23/h1-8,11H,9-10,12H2,(H2,21,25)(H,22,24). The van der Waals surface area contributed by atoms with Gasteiger partial charge in [-0.05, 0) is 24.1 Å². The molecule has 0 radical (unpaired) electrons. The quantitative estimate of drug-likeness (QED) is 0.722. The molecule has 0 spiro atoms. The van der Waals surface area contributed by atoms with Gasteiger partial charge in [0.25, 0.3) is 5.91 Å². The maximum Gasteiger partial charge on any atom is 0.250 e. The molecule has 1 heterocycles. The molecule has 3 rings (SSSR count). The molecule has 5 nitrogen and oxygen atoms in total. The van der Waals surface area contributed by atoms with Crippen LogP contribution in [0.3, 0.4) is 0 Å². The van der Waals surface area contributed by atoms with Crippen LogP contribution in [0.15, 0.2) is 54.7 Å². The summed E-state index contributed by atoms with van der Waals surface area (Å²) < 4.78 is 15.2. The van der Waals surface area contributed by atoms with Crippen LogP contribution in [0.4, 0.5) is 4.39 Å². The average molecular weight is 339 g/mol. The first kappa shape index (κ1) is 16.7. The van der Waals surface area contributed by atoms with E-state index >= 15 is 0 Å². The first-order valence-electron chi connectivity index (χ1n) is 7.94. The van der Waals surface area contributed by atoms with Gasteiger partial charge in [-0.1, -0.05) is 36.4 Å². The van der Waals surface area contributed by atoms with E-state index in [1.807, 2.05) is 18.2 Å². The van der Waals surface area contributed by atoms with Gasteiger partial charge in [-0.25, -0.2) is 4.39 Å². The second-order valence-electron chi connectivity index (χ2n) is 5.74. The Morgan fingerprint density at radius 2 is 1.80 bits per heavy atom. The molecule has 2 amide bonds. The van der Waals surface area contributed by atoms with Crippen LogP contribution in [0.1, 0.15) is 15.9 Å². The van der Waals surface area contributed by atoms with E-state index in [-0.39, 0.29) is 18.3 Å². The van der Waals surface area contributed by atoms with Gasteiger partial charge in [-0.15, -0.1) is 0 Å². The number of nitrogens with zero attached hydrogens (tertiary/aromatic N) is 1. The van der Waals surface area contributed by atoms with Crippen LogP contribution >= 0.6 is 0 Å². The number of hydrogen-bond acceptors (Lipinski definition) is 2. The molecule has 3 N–H and O–H groups in total. The van der Waals surface area contributed by atoms with Crippen molar-refractivity contribution in [1.82, 2.24) is 9.88 Å². The highest BCUT2D eigenvalue weighted by Gasteiger charge is 2.14. The fourth-order valence-corrected chi connectivity index (χ4v) is 2.82. The number of carbonyl (C=O) groups is 2. The zero-order chi connectivity index (χ0) is 17.8. The summed E-state index contributed by atoms with van der Waals surface area (Å²) in [5, 5.41) is 3.48. The number of primary amides is 1. The molecule has 25 heavy (non-hydrogen) atoms. The number of amides is 2. The number of nitrogens with two attached hydrogens (primary N) is 1. The number of hydrogen-bond donors (Lipinski definition) is 2. The fourth-order valence-electron chi connectivity index (χ4n) is 2.82. The Hall–Kier alpha value is -3.15. The zero-order valence-electron chi connectivity index (χ0n) is 13.5. The second kappa shape index (κ2) is 7.17. The summed E-state index contributed by atoms with van der Waals surface area (Å²) in [4.78, 5) is 23.7. The smallest absolute Gasteiger partial charge is 0.250 e. The number of para-hydroxylation sites is 1. The number of nitrogens with one attached hydrogen (secondary N) is 1. The van der Waals surface area contributed by atoms with Gasteiger partial charge in [0, 0.05) is 23.6 Å². The van der Waals surface area contributed by atoms with Gasteiger partial charge >= 0.3 is 0 Å². The van der Waals surface area contributed by atoms with Crippen molar-refractivity contribution in [3.63, 3.8) is 0 Å². The Morgan fingerprint density at radius 1 is 1.08 bits per heavy atom. The average Bonchev–Trinajstić information content (AvgIpc) is 2.96. The third kappa shape index (κ3) is 3.68. The van der Waals surface area contributed by atoms with Crippen molar-refractivity contribution in [2.24, 2.45) is 5.73 Å². The summed E-state index contributed by atoms with van der Waals surface area (Å²) in [7, 11) is 0. The largest absolute Gasteiger partial charge is 0.366 e. The summed E-state index contributed by atoms with van der Waals surface area (Å²) in [6, 6.07) is 13.8. The first-order chi connectivity index (χ1) is 12.1. The molecule has 0 aliphatic heterocycles. The van der Waals surface area contributed by atoms with Crippen LogP contribution in [-0.4, -0.2) is 22.9 Å². The number of carbonyl (C=O) groups excluding carboxylic acids is 2. The van der Waals surface area contributed by atoms with E-state index in [1.54, 1.807) is 35.0 Å². The SMILES string of the molecule is NC(=O)c1cn(CC(=O)NCCc2ccccc2F)c2ccccc12. The Balaban J connectivity index is 1.66. The van der Waals surface area contributed by atoms with Crippen LogP contribution in [0.5, 0.6) is 0 Å². The van der Waals surface area contributed by atoms with Crippen LogP contribution in [-0.2, 0) is 17.8 Å². The summed E-state index contributed by atoms with van der Waals surface area (Å²) in [6.45, 7) is 0.396. The minimum Gasteiger partial charge on any atom is -0.366 e. The minimum absolute atomic E-state index is 0.0606. The Bertz CT molecular complexity index is 933. The highest BCUT2D eigenvalue weighted by Crippen LogP contribution is 2.20. The van der Waals surface area contributed by atoms with Gasteiger partial charge in [-0.3, -0.25) is 9.59 Å². The number of rotatable bonds is 6. The first-order valence-corrected chi connectivity index (χ1v) is 7.94. The number of fused-ring (bicyclic) bond motifs is 1. The van der Waals surface area contributed by atoms with Crippen molar-refractivity contribution in [3.8, 4) is 0 Å². The van der Waals surface area contributed by atoms with Crippen LogP contribution in [0, 0.1) is 5.82 Å². The molecule has 0 saturated carbocycles. The molecular formula is C19H18FN3O2. The molecule has 0 atom stereocenters. The molecule has 0 aliphatic carbocycles. The van der Waals surface area contributed by atoms with Gasteiger partial charge < -0.3 is 15.6 Å². The van der Waals surface area contributed by atoms with Gasteiger partial charge in [-0.2, -0.15) is 0 Å². The summed E-state index contributed by atoms with van der Waals surface area (Å²) in [5.74, 6) is -1.03. The maximum atomic E-state index is 13.6. The lowest BCUT2D eigenvalue weighted by Crippen LogP contribution is -2.29. The normalized spacial score (nSPS) is 10.8. The van der Waals surface area contributed by atoms with Crippen LogP contribution in [0.25, 0.3) is 10.9 Å². The Morgan fingerprint density at radius 3 is 2.56 bits per heavy atom. The Kier molecular flexibility index (Phi) is 4.79. The lowest BCUT2D eigenvalue weighted by atomic mass is 10.1. The lowest BCUT2D eigenvalue weighted by molar-refractivity contribution is -0.121. The molecule has 128 valence electrons. The van der Waals surface area contributed by atoms with Crippen LogP contribution < -0.4 is 11.1 Å². The van der Waals surface area contributed by atoms with Crippen molar-refractivity contribution >= 4 is 22.7 Å². The van der Waals surface area contributed by atoms with Crippen molar-refractivity contribution in [3.05, 3.63) is 71.7 Å². The van der Waals surface area contributed by atoms with Crippen molar-refractivity contribution in [2.75, 3.05) is 6.54 Å². The van der Waals surface area contributed by atoms with E-state index in [2.05, 4.69) is 5.32 Å². The van der Waals surface area contributed by atoms with Crippen molar-refractivity contribution < 1.29 is 14.0 Å². The predicted molar refractivity (Wildman–Crippen MR) is 93.6 cm³/mol. The topological polar surface area (TPSA) is 77.1 Å². The van der Waals surface area contributed by atoms with Gasteiger partial charge in [0.15, 0.2) is 0 Å². The van der Waals surface area contributed by atoms with E-state index in [4.69, 9.17) is 5.73 Å². The molecule has 0 unspecified atom stereocenters.